The molecule has 1 aliphatic rings. The van der Waals surface area contributed by atoms with Gasteiger partial charge in [0.25, 0.3) is 0 Å². The quantitative estimate of drug-likeness (QED) is 0.585. The molecule has 1 aromatic heterocycles. The van der Waals surface area contributed by atoms with E-state index in [-0.39, 0.29) is 9.79 Å². The Balaban J connectivity index is 1.94. The minimum atomic E-state index is -3.77. The highest BCUT2D eigenvalue weighted by molar-refractivity contribution is 7.91. The van der Waals surface area contributed by atoms with Crippen molar-refractivity contribution in [1.29, 1.82) is 0 Å². The first-order valence-corrected chi connectivity index (χ1v) is 11.5. The number of methoxy groups -OCH3 is 1. The monoisotopic (exact) mass is 430 g/mol. The van der Waals surface area contributed by atoms with Gasteiger partial charge >= 0.3 is 0 Å². The van der Waals surface area contributed by atoms with Gasteiger partial charge in [-0.1, -0.05) is 18.5 Å². The summed E-state index contributed by atoms with van der Waals surface area (Å²) in [4.78, 5) is 7.03. The number of sulfone groups is 1. The SMILES string of the molecule is COc1ccc(S(=O)(=O)c2cnc3ccc(Cl)cc3c2N2CCCC(C)C2)cc1. The number of nitrogens with zero attached hydrogens (tertiary/aromatic N) is 2. The van der Waals surface area contributed by atoms with Gasteiger partial charge < -0.3 is 9.64 Å². The maximum atomic E-state index is 13.6. The normalized spacial score (nSPS) is 17.5. The van der Waals surface area contributed by atoms with Gasteiger partial charge in [-0.05, 0) is 61.2 Å². The molecule has 152 valence electrons. The highest BCUT2D eigenvalue weighted by atomic mass is 35.5. The molecular weight excluding hydrogens is 408 g/mol. The Kier molecular flexibility index (Phi) is 5.40. The molecule has 3 aromatic rings. The van der Waals surface area contributed by atoms with Crippen LogP contribution in [0.25, 0.3) is 10.9 Å². The number of hydrogen-bond donors (Lipinski definition) is 0. The number of ether oxygens (including phenoxy) is 1. The fourth-order valence-electron chi connectivity index (χ4n) is 3.93. The van der Waals surface area contributed by atoms with E-state index < -0.39 is 9.84 Å². The van der Waals surface area contributed by atoms with E-state index in [1.54, 1.807) is 37.4 Å². The Morgan fingerprint density at radius 3 is 2.62 bits per heavy atom. The number of halogens is 1. The maximum absolute atomic E-state index is 13.6. The van der Waals surface area contributed by atoms with Crippen molar-refractivity contribution in [1.82, 2.24) is 4.98 Å². The minimum absolute atomic E-state index is 0.214. The van der Waals surface area contributed by atoms with Gasteiger partial charge in [-0.2, -0.15) is 0 Å². The largest absolute Gasteiger partial charge is 0.497 e. The van der Waals surface area contributed by atoms with E-state index in [0.717, 1.165) is 36.8 Å². The summed E-state index contributed by atoms with van der Waals surface area (Å²) >= 11 is 6.27. The minimum Gasteiger partial charge on any atom is -0.497 e. The molecule has 1 aliphatic heterocycles. The lowest BCUT2D eigenvalue weighted by molar-refractivity contribution is 0.414. The van der Waals surface area contributed by atoms with Gasteiger partial charge in [0.05, 0.1) is 23.2 Å². The first-order chi connectivity index (χ1) is 13.9. The summed E-state index contributed by atoms with van der Waals surface area (Å²) in [5.41, 5.74) is 1.43. The molecule has 0 spiro atoms. The van der Waals surface area contributed by atoms with Crippen molar-refractivity contribution in [2.75, 3.05) is 25.1 Å². The predicted molar refractivity (Wildman–Crippen MR) is 116 cm³/mol. The molecule has 4 rings (SSSR count). The second-order valence-electron chi connectivity index (χ2n) is 7.50. The number of anilines is 1. The van der Waals surface area contributed by atoms with E-state index in [1.807, 2.05) is 12.1 Å². The smallest absolute Gasteiger partial charge is 0.210 e. The topological polar surface area (TPSA) is 59.5 Å². The molecule has 1 atom stereocenters. The van der Waals surface area contributed by atoms with Crippen LogP contribution in [0.5, 0.6) is 5.75 Å². The molecule has 0 radical (unpaired) electrons. The molecule has 0 N–H and O–H groups in total. The zero-order valence-electron chi connectivity index (χ0n) is 16.4. The van der Waals surface area contributed by atoms with Crippen LogP contribution in [-0.2, 0) is 9.84 Å². The molecule has 1 unspecified atom stereocenters. The summed E-state index contributed by atoms with van der Waals surface area (Å²) < 4.78 is 32.3. The van der Waals surface area contributed by atoms with Crippen molar-refractivity contribution in [3.05, 3.63) is 53.7 Å². The first-order valence-electron chi connectivity index (χ1n) is 9.62. The molecule has 2 heterocycles. The number of piperidine rings is 1. The molecule has 0 saturated carbocycles. The van der Waals surface area contributed by atoms with Crippen molar-refractivity contribution in [2.24, 2.45) is 5.92 Å². The molecule has 1 fully saturated rings. The van der Waals surface area contributed by atoms with Crippen LogP contribution in [0.3, 0.4) is 0 Å². The van der Waals surface area contributed by atoms with Crippen LogP contribution in [0.1, 0.15) is 19.8 Å². The Bertz CT molecular complexity index is 1150. The number of hydrogen-bond acceptors (Lipinski definition) is 5. The molecule has 0 bridgehead atoms. The summed E-state index contributed by atoms with van der Waals surface area (Å²) in [6.07, 6.45) is 3.64. The summed E-state index contributed by atoms with van der Waals surface area (Å²) in [6, 6.07) is 11.9. The molecule has 0 aliphatic carbocycles. The van der Waals surface area contributed by atoms with E-state index >= 15 is 0 Å². The molecule has 1 saturated heterocycles. The van der Waals surface area contributed by atoms with Crippen molar-refractivity contribution in [3.63, 3.8) is 0 Å². The molecule has 29 heavy (non-hydrogen) atoms. The van der Waals surface area contributed by atoms with Gasteiger partial charge in [0.1, 0.15) is 10.6 Å². The summed E-state index contributed by atoms with van der Waals surface area (Å²) in [5.74, 6) is 1.10. The Hall–Kier alpha value is -2.31. The van der Waals surface area contributed by atoms with Crippen molar-refractivity contribution >= 4 is 38.0 Å². The van der Waals surface area contributed by atoms with Crippen LogP contribution in [-0.4, -0.2) is 33.6 Å². The molecule has 2 aromatic carbocycles. The summed E-state index contributed by atoms with van der Waals surface area (Å²) in [7, 11) is -2.22. The second-order valence-corrected chi connectivity index (χ2v) is 9.86. The Morgan fingerprint density at radius 2 is 1.93 bits per heavy atom. The zero-order valence-corrected chi connectivity index (χ0v) is 18.0. The third-order valence-electron chi connectivity index (χ3n) is 5.40. The summed E-state index contributed by atoms with van der Waals surface area (Å²) in [6.45, 7) is 3.80. The second kappa shape index (κ2) is 7.84. The number of aromatic nitrogens is 1. The lowest BCUT2D eigenvalue weighted by Gasteiger charge is -2.34. The summed E-state index contributed by atoms with van der Waals surface area (Å²) in [5, 5.41) is 1.32. The Morgan fingerprint density at radius 1 is 1.17 bits per heavy atom. The standard InChI is InChI=1S/C22H23ClN2O3S/c1-15-4-3-11-25(14-15)22-19-12-16(23)5-10-20(19)24-13-21(22)29(26,27)18-8-6-17(28-2)7-9-18/h5-10,12-13,15H,3-4,11,14H2,1-2H3. The number of benzene rings is 2. The number of fused-ring (bicyclic) bond motifs is 1. The van der Waals surface area contributed by atoms with Crippen LogP contribution >= 0.6 is 11.6 Å². The lowest BCUT2D eigenvalue weighted by Crippen LogP contribution is -2.35. The van der Waals surface area contributed by atoms with Gasteiger partial charge in [-0.25, -0.2) is 8.42 Å². The Labute approximate surface area is 176 Å². The van der Waals surface area contributed by atoms with Crippen LogP contribution in [0.15, 0.2) is 58.5 Å². The third kappa shape index (κ3) is 3.79. The fraction of sp³-hybridized carbons (Fsp3) is 0.318. The third-order valence-corrected chi connectivity index (χ3v) is 7.41. The van der Waals surface area contributed by atoms with Crippen LogP contribution < -0.4 is 9.64 Å². The van der Waals surface area contributed by atoms with Gasteiger partial charge in [-0.15, -0.1) is 0 Å². The number of rotatable bonds is 4. The van der Waals surface area contributed by atoms with Crippen LogP contribution in [0.2, 0.25) is 5.02 Å². The average molecular weight is 431 g/mol. The van der Waals surface area contributed by atoms with Crippen molar-refractivity contribution in [2.45, 2.75) is 29.6 Å². The van der Waals surface area contributed by atoms with E-state index in [2.05, 4.69) is 16.8 Å². The molecule has 7 heteroatoms. The highest BCUT2D eigenvalue weighted by Crippen LogP contribution is 2.38. The van der Waals surface area contributed by atoms with Crippen molar-refractivity contribution in [3.8, 4) is 5.75 Å². The average Bonchev–Trinajstić information content (AvgIpc) is 2.72. The lowest BCUT2D eigenvalue weighted by atomic mass is 9.99. The van der Waals surface area contributed by atoms with Gasteiger partial charge in [0.2, 0.25) is 9.84 Å². The van der Waals surface area contributed by atoms with Crippen molar-refractivity contribution < 1.29 is 13.2 Å². The van der Waals surface area contributed by atoms with Gasteiger partial charge in [-0.3, -0.25) is 4.98 Å². The van der Waals surface area contributed by atoms with E-state index in [1.165, 1.54) is 6.20 Å². The van der Waals surface area contributed by atoms with E-state index in [0.29, 0.717) is 22.4 Å². The van der Waals surface area contributed by atoms with Gasteiger partial charge in [0.15, 0.2) is 0 Å². The maximum Gasteiger partial charge on any atom is 0.210 e. The fourth-order valence-corrected chi connectivity index (χ4v) is 5.54. The van der Waals surface area contributed by atoms with E-state index in [4.69, 9.17) is 16.3 Å². The highest BCUT2D eigenvalue weighted by Gasteiger charge is 2.29. The van der Waals surface area contributed by atoms with Gasteiger partial charge in [0, 0.05) is 29.7 Å². The molecular formula is C22H23ClN2O3S. The van der Waals surface area contributed by atoms with E-state index in [9.17, 15) is 8.42 Å². The molecule has 5 nitrogen and oxygen atoms in total. The molecule has 0 amide bonds. The number of pyridine rings is 1. The zero-order chi connectivity index (χ0) is 20.6. The first kappa shape index (κ1) is 20.0. The van der Waals surface area contributed by atoms with Crippen LogP contribution in [0.4, 0.5) is 5.69 Å². The predicted octanol–water partition coefficient (Wildman–Crippen LogP) is 4.97. The van der Waals surface area contributed by atoms with Crippen LogP contribution in [0, 0.1) is 5.92 Å².